The molecule has 0 amide bonds. The molecule has 1 fully saturated rings. The minimum atomic E-state index is -1.37. The van der Waals surface area contributed by atoms with Gasteiger partial charge >= 0.3 is 0 Å². The van der Waals surface area contributed by atoms with E-state index in [1.54, 1.807) is 27.1 Å². The number of rotatable bonds is 4. The Morgan fingerprint density at radius 1 is 0.742 bits per heavy atom. The second-order valence-corrected chi connectivity index (χ2v) is 22.4. The van der Waals surface area contributed by atoms with Gasteiger partial charge in [-0.05, 0) is 41.5 Å². The second-order valence-electron chi connectivity index (χ2n) is 12.2. The highest BCUT2D eigenvalue weighted by Gasteiger charge is 2.49. The molecule has 2 aromatic rings. The third kappa shape index (κ3) is 3.38. The Morgan fingerprint density at radius 2 is 1.26 bits per heavy atom. The molecule has 0 bridgehead atoms. The van der Waals surface area contributed by atoms with Crippen molar-refractivity contribution in [2.75, 3.05) is 0 Å². The molecule has 0 aromatic heterocycles. The molecule has 3 aliphatic rings. The van der Waals surface area contributed by atoms with Crippen LogP contribution in [0.25, 0.3) is 11.1 Å². The summed E-state index contributed by atoms with van der Waals surface area (Å²) in [4.78, 5) is 0. The van der Waals surface area contributed by atoms with E-state index in [2.05, 4.69) is 93.9 Å². The van der Waals surface area contributed by atoms with E-state index < -0.39 is 16.1 Å². The Balaban J connectivity index is 1.77. The first kappa shape index (κ1) is 21.2. The van der Waals surface area contributed by atoms with E-state index in [4.69, 9.17) is 0 Å². The molecule has 31 heavy (non-hydrogen) atoms. The maximum Gasteiger partial charge on any atom is 0.0776 e. The normalized spacial score (nSPS) is 20.1. The SMILES string of the molecule is C[Si](C)(C)c1ccc2c(c1)C(C1(C3=CC=CC3)CCCC1)c1cc([Si](C)(C)C)ccc1-2. The smallest absolute Gasteiger partial charge is 0.0776 e. The topological polar surface area (TPSA) is 0 Å². The van der Waals surface area contributed by atoms with Gasteiger partial charge in [-0.15, -0.1) is 0 Å². The monoisotopic (exact) mass is 442 g/mol. The van der Waals surface area contributed by atoms with Crippen LogP contribution in [0.15, 0.2) is 60.2 Å². The molecule has 0 spiro atoms. The van der Waals surface area contributed by atoms with Crippen LogP contribution in [0.1, 0.15) is 49.1 Å². The van der Waals surface area contributed by atoms with Crippen LogP contribution in [0.2, 0.25) is 39.3 Å². The molecule has 0 atom stereocenters. The number of hydrogen-bond donors (Lipinski definition) is 0. The summed E-state index contributed by atoms with van der Waals surface area (Å²) in [5.74, 6) is 0.527. The van der Waals surface area contributed by atoms with Crippen LogP contribution in [0, 0.1) is 5.41 Å². The van der Waals surface area contributed by atoms with Crippen molar-refractivity contribution in [1.82, 2.24) is 0 Å². The predicted molar refractivity (Wildman–Crippen MR) is 142 cm³/mol. The van der Waals surface area contributed by atoms with Crippen LogP contribution in [-0.4, -0.2) is 16.1 Å². The Hall–Kier alpha value is -1.65. The molecule has 0 N–H and O–H groups in total. The zero-order valence-corrected chi connectivity index (χ0v) is 22.3. The van der Waals surface area contributed by atoms with Crippen LogP contribution >= 0.6 is 0 Å². The average molecular weight is 443 g/mol. The van der Waals surface area contributed by atoms with E-state index >= 15 is 0 Å². The number of benzene rings is 2. The van der Waals surface area contributed by atoms with E-state index in [1.807, 2.05) is 0 Å². The van der Waals surface area contributed by atoms with Gasteiger partial charge in [-0.2, -0.15) is 0 Å². The van der Waals surface area contributed by atoms with E-state index in [0.29, 0.717) is 11.3 Å². The van der Waals surface area contributed by atoms with Gasteiger partial charge in [0.05, 0.1) is 16.1 Å². The molecule has 3 aliphatic carbocycles. The molecular weight excluding hydrogens is 404 g/mol. The fourth-order valence-electron chi connectivity index (χ4n) is 6.41. The Kier molecular flexibility index (Phi) is 4.91. The fraction of sp³-hybridized carbons (Fsp3) is 0.448. The van der Waals surface area contributed by atoms with Gasteiger partial charge in [0.15, 0.2) is 0 Å². The van der Waals surface area contributed by atoms with Crippen molar-refractivity contribution in [3.63, 3.8) is 0 Å². The lowest BCUT2D eigenvalue weighted by Crippen LogP contribution is -2.39. The number of hydrogen-bond acceptors (Lipinski definition) is 0. The summed E-state index contributed by atoms with van der Waals surface area (Å²) in [6.45, 7) is 14.9. The molecule has 0 aliphatic heterocycles. The summed E-state index contributed by atoms with van der Waals surface area (Å²) in [6.07, 6.45) is 13.7. The minimum Gasteiger partial charge on any atom is -0.0804 e. The Labute approximate surface area is 191 Å². The molecule has 0 unspecified atom stereocenters. The summed E-state index contributed by atoms with van der Waals surface area (Å²) < 4.78 is 0. The third-order valence-electron chi connectivity index (χ3n) is 8.21. The van der Waals surface area contributed by atoms with Gasteiger partial charge in [-0.1, -0.05) is 123 Å². The Bertz CT molecular complexity index is 1020. The summed E-state index contributed by atoms with van der Waals surface area (Å²) >= 11 is 0. The summed E-state index contributed by atoms with van der Waals surface area (Å²) in [7, 11) is -2.73. The van der Waals surface area contributed by atoms with Gasteiger partial charge in [0.1, 0.15) is 0 Å². The van der Waals surface area contributed by atoms with Gasteiger partial charge in [0.2, 0.25) is 0 Å². The zero-order chi connectivity index (χ0) is 22.0. The summed E-state index contributed by atoms with van der Waals surface area (Å²) in [5, 5.41) is 3.22. The van der Waals surface area contributed by atoms with Gasteiger partial charge in [0.25, 0.3) is 0 Å². The van der Waals surface area contributed by atoms with Crippen molar-refractivity contribution in [2.45, 2.75) is 77.3 Å². The predicted octanol–water partition coefficient (Wildman–Crippen LogP) is 7.34. The first-order chi connectivity index (χ1) is 14.6. The molecular formula is C29H38Si2. The van der Waals surface area contributed by atoms with Gasteiger partial charge in [-0.25, -0.2) is 0 Å². The third-order valence-corrected chi connectivity index (χ3v) is 12.3. The van der Waals surface area contributed by atoms with Crippen molar-refractivity contribution in [3.8, 4) is 11.1 Å². The molecule has 0 nitrogen and oxygen atoms in total. The van der Waals surface area contributed by atoms with Gasteiger partial charge < -0.3 is 0 Å². The highest BCUT2D eigenvalue weighted by atomic mass is 28.3. The first-order valence-corrected chi connectivity index (χ1v) is 19.3. The van der Waals surface area contributed by atoms with Crippen molar-refractivity contribution in [1.29, 1.82) is 0 Å². The van der Waals surface area contributed by atoms with Crippen molar-refractivity contribution >= 4 is 26.5 Å². The quantitative estimate of drug-likeness (QED) is 0.435. The molecule has 2 aromatic carbocycles. The average Bonchev–Trinajstić information content (AvgIpc) is 3.44. The van der Waals surface area contributed by atoms with Crippen LogP contribution in [0.4, 0.5) is 0 Å². The van der Waals surface area contributed by atoms with Gasteiger partial charge in [0, 0.05) is 11.3 Å². The highest BCUT2D eigenvalue weighted by Crippen LogP contribution is 2.62. The lowest BCUT2D eigenvalue weighted by atomic mass is 9.64. The highest BCUT2D eigenvalue weighted by molar-refractivity contribution is 6.89. The summed E-state index contributed by atoms with van der Waals surface area (Å²) in [6, 6.07) is 15.1. The van der Waals surface area contributed by atoms with Crippen LogP contribution < -0.4 is 10.4 Å². The number of fused-ring (bicyclic) bond motifs is 3. The van der Waals surface area contributed by atoms with E-state index in [0.717, 1.165) is 6.42 Å². The minimum absolute atomic E-state index is 0.305. The van der Waals surface area contributed by atoms with Crippen LogP contribution in [0.5, 0.6) is 0 Å². The van der Waals surface area contributed by atoms with Crippen molar-refractivity contribution < 1.29 is 0 Å². The van der Waals surface area contributed by atoms with E-state index in [1.165, 1.54) is 36.8 Å². The molecule has 5 rings (SSSR count). The lowest BCUT2D eigenvalue weighted by molar-refractivity contribution is 0.320. The fourth-order valence-corrected chi connectivity index (χ4v) is 8.75. The first-order valence-electron chi connectivity index (χ1n) is 12.3. The molecule has 2 heteroatoms. The number of allylic oxidation sites excluding steroid dienone is 4. The van der Waals surface area contributed by atoms with Gasteiger partial charge in [-0.3, -0.25) is 0 Å². The Morgan fingerprint density at radius 3 is 1.68 bits per heavy atom. The van der Waals surface area contributed by atoms with E-state index in [-0.39, 0.29) is 0 Å². The standard InChI is InChI=1S/C29H38Si2/c1-30(2,3)22-13-15-24-25-16-14-23(31(4,5)6)20-27(25)28(26(24)19-22)29(17-9-10-18-29)21-11-7-8-12-21/h7-8,11,13-16,19-20,28H,9-10,12,17-18H2,1-6H3. The van der Waals surface area contributed by atoms with E-state index in [9.17, 15) is 0 Å². The molecule has 162 valence electrons. The molecule has 0 heterocycles. The van der Waals surface area contributed by atoms with Crippen LogP contribution in [-0.2, 0) is 0 Å². The van der Waals surface area contributed by atoms with Crippen LogP contribution in [0.3, 0.4) is 0 Å². The van der Waals surface area contributed by atoms with Crippen molar-refractivity contribution in [2.24, 2.45) is 5.41 Å². The molecule has 0 radical (unpaired) electrons. The zero-order valence-electron chi connectivity index (χ0n) is 20.3. The van der Waals surface area contributed by atoms with Crippen molar-refractivity contribution in [3.05, 3.63) is 71.3 Å². The second kappa shape index (κ2) is 7.18. The maximum absolute atomic E-state index is 2.64. The lowest BCUT2D eigenvalue weighted by Gasteiger charge is -2.39. The molecule has 0 saturated heterocycles. The largest absolute Gasteiger partial charge is 0.0804 e. The summed E-state index contributed by atoms with van der Waals surface area (Å²) in [5.41, 5.74) is 8.31. The maximum atomic E-state index is 2.64. The molecule has 1 saturated carbocycles.